The van der Waals surface area contributed by atoms with Crippen LogP contribution in [0.1, 0.15) is 26.6 Å². The molecule has 0 bridgehead atoms. The highest BCUT2D eigenvalue weighted by atomic mass is 35.5. The van der Waals surface area contributed by atoms with Crippen LogP contribution in [0.15, 0.2) is 30.6 Å². The number of pyridine rings is 1. The van der Waals surface area contributed by atoms with Crippen LogP contribution in [-0.4, -0.2) is 15.0 Å². The normalized spacial score (nSPS) is 11.3. The molecule has 18 heavy (non-hydrogen) atoms. The number of rotatable bonds is 2. The van der Waals surface area contributed by atoms with Gasteiger partial charge in [-0.1, -0.05) is 32.4 Å². The van der Waals surface area contributed by atoms with Gasteiger partial charge in [-0.2, -0.15) is 4.98 Å². The van der Waals surface area contributed by atoms with Gasteiger partial charge in [-0.3, -0.25) is 4.98 Å². The van der Waals surface area contributed by atoms with Crippen LogP contribution in [0.5, 0.6) is 11.6 Å². The molecule has 0 N–H and O–H groups in total. The molecule has 0 aliphatic heterocycles. The summed E-state index contributed by atoms with van der Waals surface area (Å²) >= 11 is 5.98. The minimum atomic E-state index is -0.183. The molecule has 0 aliphatic rings. The molecule has 0 amide bonds. The lowest BCUT2D eigenvalue weighted by Crippen LogP contribution is -2.16. The van der Waals surface area contributed by atoms with Crippen molar-refractivity contribution >= 4 is 11.6 Å². The number of hydrogen-bond acceptors (Lipinski definition) is 4. The van der Waals surface area contributed by atoms with Crippen LogP contribution in [0.2, 0.25) is 5.15 Å². The fraction of sp³-hybridized carbons (Fsp3) is 0.308. The Labute approximate surface area is 111 Å². The van der Waals surface area contributed by atoms with Crippen LogP contribution in [0.3, 0.4) is 0 Å². The molecule has 2 heterocycles. The Morgan fingerprint density at radius 3 is 2.61 bits per heavy atom. The summed E-state index contributed by atoms with van der Waals surface area (Å²) < 4.78 is 5.60. The maximum Gasteiger partial charge on any atom is 0.224 e. The van der Waals surface area contributed by atoms with Crippen molar-refractivity contribution < 1.29 is 4.74 Å². The zero-order chi connectivity index (χ0) is 13.2. The Bertz CT molecular complexity index is 538. The lowest BCUT2D eigenvalue weighted by Gasteiger charge is -2.17. The van der Waals surface area contributed by atoms with Gasteiger partial charge in [0.25, 0.3) is 0 Å². The first-order chi connectivity index (χ1) is 8.45. The lowest BCUT2D eigenvalue weighted by atomic mass is 9.96. The molecule has 0 aliphatic carbocycles. The first-order valence-electron chi connectivity index (χ1n) is 5.58. The molecule has 0 saturated heterocycles. The topological polar surface area (TPSA) is 47.9 Å². The molecular weight excluding hydrogens is 250 g/mol. The third-order valence-corrected chi connectivity index (χ3v) is 2.39. The summed E-state index contributed by atoms with van der Waals surface area (Å²) in [6.07, 6.45) is 3.30. The minimum absolute atomic E-state index is 0.183. The Kier molecular flexibility index (Phi) is 3.48. The molecule has 0 spiro atoms. The van der Waals surface area contributed by atoms with Gasteiger partial charge in [0, 0.05) is 17.7 Å². The molecule has 2 aromatic heterocycles. The molecule has 4 nitrogen and oxygen atoms in total. The largest absolute Gasteiger partial charge is 0.437 e. The summed E-state index contributed by atoms with van der Waals surface area (Å²) in [5, 5.41) is 0.369. The molecule has 0 unspecified atom stereocenters. The second-order valence-electron chi connectivity index (χ2n) is 4.89. The van der Waals surface area contributed by atoms with Gasteiger partial charge in [0.2, 0.25) is 5.88 Å². The van der Waals surface area contributed by atoms with Gasteiger partial charge in [-0.05, 0) is 12.1 Å². The van der Waals surface area contributed by atoms with Crippen molar-refractivity contribution in [2.45, 2.75) is 26.2 Å². The van der Waals surface area contributed by atoms with Crippen molar-refractivity contribution in [2.24, 2.45) is 0 Å². The highest BCUT2D eigenvalue weighted by Gasteiger charge is 2.19. The van der Waals surface area contributed by atoms with Crippen LogP contribution in [0, 0.1) is 0 Å². The second-order valence-corrected chi connectivity index (χ2v) is 5.28. The zero-order valence-electron chi connectivity index (χ0n) is 10.5. The van der Waals surface area contributed by atoms with Gasteiger partial charge in [0.05, 0.1) is 6.20 Å². The molecule has 2 aromatic rings. The lowest BCUT2D eigenvalue weighted by molar-refractivity contribution is 0.444. The number of halogens is 1. The van der Waals surface area contributed by atoms with Gasteiger partial charge < -0.3 is 4.74 Å². The first kappa shape index (κ1) is 12.8. The minimum Gasteiger partial charge on any atom is -0.437 e. The number of aromatic nitrogens is 3. The number of hydrogen-bond donors (Lipinski definition) is 0. The summed E-state index contributed by atoms with van der Waals surface area (Å²) in [4.78, 5) is 12.5. The molecule has 2 rings (SSSR count). The Balaban J connectivity index is 2.32. The SMILES string of the molecule is CC(C)(C)c1nc(Cl)cc(Oc2cccnc2)n1. The van der Waals surface area contributed by atoms with Gasteiger partial charge in [0.1, 0.15) is 16.7 Å². The Morgan fingerprint density at radius 2 is 2.00 bits per heavy atom. The highest BCUT2D eigenvalue weighted by molar-refractivity contribution is 6.29. The van der Waals surface area contributed by atoms with Crippen LogP contribution in [0.4, 0.5) is 0 Å². The van der Waals surface area contributed by atoms with Crippen molar-refractivity contribution in [2.75, 3.05) is 0 Å². The van der Waals surface area contributed by atoms with E-state index in [1.807, 2.05) is 20.8 Å². The third-order valence-electron chi connectivity index (χ3n) is 2.20. The van der Waals surface area contributed by atoms with E-state index < -0.39 is 0 Å². The maximum absolute atomic E-state index is 5.98. The summed E-state index contributed by atoms with van der Waals surface area (Å²) in [5.41, 5.74) is -0.183. The van der Waals surface area contributed by atoms with E-state index in [1.54, 1.807) is 30.6 Å². The van der Waals surface area contributed by atoms with Crippen LogP contribution < -0.4 is 4.74 Å². The molecule has 0 atom stereocenters. The van der Waals surface area contributed by atoms with E-state index in [2.05, 4.69) is 15.0 Å². The van der Waals surface area contributed by atoms with Crippen molar-refractivity contribution in [3.05, 3.63) is 41.6 Å². The molecule has 94 valence electrons. The standard InChI is InChI=1S/C13H14ClN3O/c1-13(2,3)12-16-10(14)7-11(17-12)18-9-5-4-6-15-8-9/h4-8H,1-3H3. The summed E-state index contributed by atoms with van der Waals surface area (Å²) in [5.74, 6) is 1.69. The van der Waals surface area contributed by atoms with Crippen molar-refractivity contribution in [3.8, 4) is 11.6 Å². The highest BCUT2D eigenvalue weighted by Crippen LogP contribution is 2.25. The van der Waals surface area contributed by atoms with E-state index in [4.69, 9.17) is 16.3 Å². The molecule has 0 radical (unpaired) electrons. The van der Waals surface area contributed by atoms with E-state index in [-0.39, 0.29) is 5.41 Å². The maximum atomic E-state index is 5.98. The Hall–Kier alpha value is -1.68. The Morgan fingerprint density at radius 1 is 1.22 bits per heavy atom. The van der Waals surface area contributed by atoms with E-state index in [1.165, 1.54) is 0 Å². The van der Waals surface area contributed by atoms with E-state index in [0.29, 0.717) is 22.6 Å². The van der Waals surface area contributed by atoms with Gasteiger partial charge >= 0.3 is 0 Å². The van der Waals surface area contributed by atoms with Crippen molar-refractivity contribution in [1.82, 2.24) is 15.0 Å². The monoisotopic (exact) mass is 263 g/mol. The summed E-state index contributed by atoms with van der Waals surface area (Å²) in [6, 6.07) is 5.19. The van der Waals surface area contributed by atoms with Crippen molar-refractivity contribution in [3.63, 3.8) is 0 Å². The first-order valence-corrected chi connectivity index (χ1v) is 5.96. The van der Waals surface area contributed by atoms with E-state index >= 15 is 0 Å². The fourth-order valence-electron chi connectivity index (χ4n) is 1.31. The average Bonchev–Trinajstić information content (AvgIpc) is 2.28. The van der Waals surface area contributed by atoms with Gasteiger partial charge in [0.15, 0.2) is 0 Å². The zero-order valence-corrected chi connectivity index (χ0v) is 11.3. The number of nitrogens with zero attached hydrogens (tertiary/aromatic N) is 3. The van der Waals surface area contributed by atoms with Crippen LogP contribution in [0.25, 0.3) is 0 Å². The molecule has 0 saturated carbocycles. The quantitative estimate of drug-likeness (QED) is 0.777. The van der Waals surface area contributed by atoms with Gasteiger partial charge in [-0.25, -0.2) is 4.98 Å². The molecule has 0 fully saturated rings. The smallest absolute Gasteiger partial charge is 0.224 e. The van der Waals surface area contributed by atoms with Crippen molar-refractivity contribution in [1.29, 1.82) is 0 Å². The average molecular weight is 264 g/mol. The van der Waals surface area contributed by atoms with E-state index in [9.17, 15) is 0 Å². The number of ether oxygens (including phenoxy) is 1. The summed E-state index contributed by atoms with van der Waals surface area (Å²) in [7, 11) is 0. The molecular formula is C13H14ClN3O. The second kappa shape index (κ2) is 4.90. The predicted octanol–water partition coefficient (Wildman–Crippen LogP) is 3.61. The van der Waals surface area contributed by atoms with Crippen LogP contribution in [-0.2, 0) is 5.41 Å². The van der Waals surface area contributed by atoms with Gasteiger partial charge in [-0.15, -0.1) is 0 Å². The van der Waals surface area contributed by atoms with Crippen LogP contribution >= 0.6 is 11.6 Å². The molecule has 5 heteroatoms. The summed E-state index contributed by atoms with van der Waals surface area (Å²) in [6.45, 7) is 6.06. The third kappa shape index (κ3) is 3.17. The van der Waals surface area contributed by atoms with E-state index in [0.717, 1.165) is 0 Å². The molecule has 0 aromatic carbocycles. The fourth-order valence-corrected chi connectivity index (χ4v) is 1.49. The predicted molar refractivity (Wildman–Crippen MR) is 70.1 cm³/mol.